The van der Waals surface area contributed by atoms with Crippen LogP contribution in [0.4, 0.5) is 0 Å². The summed E-state index contributed by atoms with van der Waals surface area (Å²) < 4.78 is 12.8. The van der Waals surface area contributed by atoms with Crippen molar-refractivity contribution in [2.45, 2.75) is 61.5 Å². The Morgan fingerprint density at radius 1 is 0.619 bits per heavy atom. The van der Waals surface area contributed by atoms with Gasteiger partial charge in [-0.1, -0.05) is 11.8 Å². The van der Waals surface area contributed by atoms with Crippen LogP contribution in [0.15, 0.2) is 0 Å². The predicted molar refractivity (Wildman–Crippen MR) is 85.0 cm³/mol. The highest BCUT2D eigenvalue weighted by molar-refractivity contribution is 8.01. The summed E-state index contributed by atoms with van der Waals surface area (Å²) in [7, 11) is 0. The third-order valence-electron chi connectivity index (χ3n) is 5.42. The maximum Gasteiger partial charge on any atom is 0.173 e. The molecule has 2 atom stereocenters. The Kier molecular flexibility index (Phi) is 4.22. The second-order valence-electron chi connectivity index (χ2n) is 6.82. The maximum absolute atomic E-state index is 6.40. The molecule has 4 aliphatic rings. The maximum atomic E-state index is 6.40. The van der Waals surface area contributed by atoms with Crippen LogP contribution in [0.3, 0.4) is 0 Å². The smallest absolute Gasteiger partial charge is 0.173 e. The van der Waals surface area contributed by atoms with Crippen molar-refractivity contribution >= 4 is 11.8 Å². The Labute approximate surface area is 132 Å². The Balaban J connectivity index is 1.56. The summed E-state index contributed by atoms with van der Waals surface area (Å²) in [6, 6.07) is 0. The fraction of sp³-hybridized carbons (Fsp3) is 1.00. The van der Waals surface area contributed by atoms with Crippen molar-refractivity contribution < 1.29 is 9.47 Å². The van der Waals surface area contributed by atoms with Gasteiger partial charge in [0.15, 0.2) is 10.1 Å². The van der Waals surface area contributed by atoms with Gasteiger partial charge in [0.2, 0.25) is 0 Å². The SMILES string of the molecule is C1CCC(SC2(N3CCC3)CCCCO2)(N2CCC2)OC1. The Bertz CT molecular complexity index is 325. The van der Waals surface area contributed by atoms with Crippen molar-refractivity contribution in [3.05, 3.63) is 0 Å². The van der Waals surface area contributed by atoms with Crippen molar-refractivity contribution in [2.24, 2.45) is 0 Å². The summed E-state index contributed by atoms with van der Waals surface area (Å²) in [5.74, 6) is 0. The molecule has 4 aliphatic heterocycles. The molecule has 0 aromatic rings. The van der Waals surface area contributed by atoms with Gasteiger partial charge in [0.25, 0.3) is 0 Å². The zero-order chi connectivity index (χ0) is 14.2. The van der Waals surface area contributed by atoms with Crippen LogP contribution in [-0.2, 0) is 9.47 Å². The molecule has 0 saturated carbocycles. The standard InChI is InChI=1S/C16H28N2O2S/c1-3-13-19-15(7-1,17-9-5-10-17)21-16(18-11-6-12-18)8-2-4-14-20-16/h1-14H2. The first kappa shape index (κ1) is 14.8. The molecule has 2 unspecified atom stereocenters. The third-order valence-corrected chi connectivity index (χ3v) is 7.22. The number of hydrogen-bond donors (Lipinski definition) is 0. The van der Waals surface area contributed by atoms with Crippen LogP contribution in [0.1, 0.15) is 51.4 Å². The molecule has 0 spiro atoms. The number of ether oxygens (including phenoxy) is 2. The lowest BCUT2D eigenvalue weighted by Crippen LogP contribution is -2.63. The van der Waals surface area contributed by atoms with Gasteiger partial charge >= 0.3 is 0 Å². The molecule has 0 radical (unpaired) electrons. The van der Waals surface area contributed by atoms with Gasteiger partial charge in [-0.25, -0.2) is 0 Å². The van der Waals surface area contributed by atoms with E-state index >= 15 is 0 Å². The first-order valence-electron chi connectivity index (χ1n) is 8.81. The molecule has 4 heterocycles. The molecular weight excluding hydrogens is 284 g/mol. The summed E-state index contributed by atoms with van der Waals surface area (Å²) in [6.07, 6.45) is 9.99. The van der Waals surface area contributed by atoms with Gasteiger partial charge in [-0.3, -0.25) is 9.80 Å². The second-order valence-corrected chi connectivity index (χ2v) is 8.30. The second kappa shape index (κ2) is 6.00. The van der Waals surface area contributed by atoms with E-state index in [-0.39, 0.29) is 10.1 Å². The summed E-state index contributed by atoms with van der Waals surface area (Å²) in [5.41, 5.74) is 0. The van der Waals surface area contributed by atoms with Crippen LogP contribution < -0.4 is 0 Å². The summed E-state index contributed by atoms with van der Waals surface area (Å²) in [4.78, 5) is 5.13. The lowest BCUT2D eigenvalue weighted by atomic mass is 10.1. The normalized spacial score (nSPS) is 42.3. The lowest BCUT2D eigenvalue weighted by Gasteiger charge is -2.57. The largest absolute Gasteiger partial charge is 0.351 e. The van der Waals surface area contributed by atoms with Crippen LogP contribution in [0, 0.1) is 0 Å². The molecule has 4 nitrogen and oxygen atoms in total. The van der Waals surface area contributed by atoms with Gasteiger partial charge in [-0.05, 0) is 38.5 Å². The van der Waals surface area contributed by atoms with Crippen molar-refractivity contribution in [1.29, 1.82) is 0 Å². The molecule has 4 rings (SSSR count). The first-order chi connectivity index (χ1) is 10.3. The monoisotopic (exact) mass is 312 g/mol. The van der Waals surface area contributed by atoms with E-state index in [1.54, 1.807) is 0 Å². The highest BCUT2D eigenvalue weighted by Crippen LogP contribution is 2.52. The van der Waals surface area contributed by atoms with E-state index in [0.29, 0.717) is 0 Å². The quantitative estimate of drug-likeness (QED) is 0.795. The third kappa shape index (κ3) is 2.65. The lowest BCUT2D eigenvalue weighted by molar-refractivity contribution is -0.162. The molecule has 0 N–H and O–H groups in total. The van der Waals surface area contributed by atoms with Crippen molar-refractivity contribution in [2.75, 3.05) is 39.4 Å². The number of likely N-dealkylation sites (tertiary alicyclic amines) is 2. The van der Waals surface area contributed by atoms with Crippen LogP contribution in [0.25, 0.3) is 0 Å². The summed E-state index contributed by atoms with van der Waals surface area (Å²) in [5, 5.41) is -0.215. The molecule has 5 heteroatoms. The van der Waals surface area contributed by atoms with E-state index in [2.05, 4.69) is 9.80 Å². The van der Waals surface area contributed by atoms with E-state index in [4.69, 9.17) is 9.47 Å². The number of hydrogen-bond acceptors (Lipinski definition) is 5. The molecular formula is C16H28N2O2S. The summed E-state index contributed by atoms with van der Waals surface area (Å²) >= 11 is 2.01. The van der Waals surface area contributed by atoms with E-state index in [0.717, 1.165) is 26.1 Å². The van der Waals surface area contributed by atoms with Gasteiger partial charge in [0, 0.05) is 52.2 Å². The van der Waals surface area contributed by atoms with E-state index < -0.39 is 0 Å². The molecule has 0 aromatic carbocycles. The van der Waals surface area contributed by atoms with Crippen LogP contribution in [0.5, 0.6) is 0 Å². The zero-order valence-corrected chi connectivity index (χ0v) is 13.8. The molecule has 120 valence electrons. The molecule has 0 amide bonds. The fourth-order valence-corrected chi connectivity index (χ4v) is 5.76. The minimum Gasteiger partial charge on any atom is -0.351 e. The average molecular weight is 312 g/mol. The highest BCUT2D eigenvalue weighted by Gasteiger charge is 2.53. The molecule has 4 fully saturated rings. The van der Waals surface area contributed by atoms with Crippen LogP contribution in [0.2, 0.25) is 0 Å². The number of rotatable bonds is 4. The molecule has 0 aliphatic carbocycles. The minimum atomic E-state index is -0.108. The molecule has 21 heavy (non-hydrogen) atoms. The van der Waals surface area contributed by atoms with E-state index in [9.17, 15) is 0 Å². The number of nitrogens with zero attached hydrogens (tertiary/aromatic N) is 2. The van der Waals surface area contributed by atoms with Crippen LogP contribution in [-0.4, -0.2) is 59.3 Å². The Hall–Kier alpha value is 0.190. The molecule has 4 saturated heterocycles. The van der Waals surface area contributed by atoms with E-state index in [1.165, 1.54) is 64.7 Å². The summed E-state index contributed by atoms with van der Waals surface area (Å²) in [6.45, 7) is 6.62. The van der Waals surface area contributed by atoms with Gasteiger partial charge in [0.1, 0.15) is 0 Å². The van der Waals surface area contributed by atoms with Gasteiger partial charge in [-0.2, -0.15) is 0 Å². The zero-order valence-electron chi connectivity index (χ0n) is 13.0. The molecule has 0 aromatic heterocycles. The van der Waals surface area contributed by atoms with Gasteiger partial charge in [0.05, 0.1) is 0 Å². The Morgan fingerprint density at radius 3 is 1.38 bits per heavy atom. The Morgan fingerprint density at radius 2 is 1.10 bits per heavy atom. The van der Waals surface area contributed by atoms with Gasteiger partial charge < -0.3 is 9.47 Å². The topological polar surface area (TPSA) is 24.9 Å². The average Bonchev–Trinajstić information content (AvgIpc) is 2.36. The minimum absolute atomic E-state index is 0.108. The molecule has 0 bridgehead atoms. The van der Waals surface area contributed by atoms with Gasteiger partial charge in [-0.15, -0.1) is 0 Å². The fourth-order valence-electron chi connectivity index (χ4n) is 3.86. The first-order valence-corrected chi connectivity index (χ1v) is 9.63. The van der Waals surface area contributed by atoms with Crippen molar-refractivity contribution in [3.63, 3.8) is 0 Å². The van der Waals surface area contributed by atoms with Crippen LogP contribution >= 0.6 is 11.8 Å². The highest BCUT2D eigenvalue weighted by atomic mass is 32.2. The predicted octanol–water partition coefficient (Wildman–Crippen LogP) is 2.84. The van der Waals surface area contributed by atoms with E-state index in [1.807, 2.05) is 11.8 Å². The van der Waals surface area contributed by atoms with Crippen molar-refractivity contribution in [1.82, 2.24) is 9.80 Å². The number of thioether (sulfide) groups is 1. The van der Waals surface area contributed by atoms with Crippen molar-refractivity contribution in [3.8, 4) is 0 Å².